The van der Waals surface area contributed by atoms with Crippen LogP contribution in [0.4, 0.5) is 10.1 Å². The Kier molecular flexibility index (Phi) is 6.41. The Hall–Kier alpha value is -1.23. The van der Waals surface area contributed by atoms with E-state index in [1.165, 1.54) is 10.4 Å². The molecule has 1 aromatic carbocycles. The number of anilines is 1. The number of hydrogen-bond donors (Lipinski definition) is 2. The highest BCUT2D eigenvalue weighted by molar-refractivity contribution is 7.92. The molecule has 1 aliphatic rings. The number of piperidine rings is 1. The Labute approximate surface area is 148 Å². The summed E-state index contributed by atoms with van der Waals surface area (Å²) in [6, 6.07) is 3.11. The lowest BCUT2D eigenvalue weighted by atomic mass is 10.1. The number of nitrogens with zero attached hydrogens (tertiary/aromatic N) is 1. The van der Waals surface area contributed by atoms with E-state index in [9.17, 15) is 21.2 Å². The molecular formula is C15H24FN3O4S2. The fourth-order valence-corrected chi connectivity index (χ4v) is 5.24. The predicted octanol–water partition coefficient (Wildman–Crippen LogP) is 1.35. The van der Waals surface area contributed by atoms with Crippen LogP contribution in [-0.2, 0) is 20.0 Å². The first-order valence-corrected chi connectivity index (χ1v) is 11.5. The maximum absolute atomic E-state index is 14.2. The van der Waals surface area contributed by atoms with Crippen molar-refractivity contribution in [3.8, 4) is 0 Å². The van der Waals surface area contributed by atoms with Gasteiger partial charge in [-0.15, -0.1) is 0 Å². The van der Waals surface area contributed by atoms with Crippen molar-refractivity contribution in [1.82, 2.24) is 9.62 Å². The van der Waals surface area contributed by atoms with Gasteiger partial charge < -0.3 is 5.32 Å². The van der Waals surface area contributed by atoms with Gasteiger partial charge in [-0.2, -0.15) is 4.31 Å². The second-order valence-corrected chi connectivity index (χ2v) is 9.75. The molecule has 0 saturated carbocycles. The molecule has 0 aliphatic carbocycles. The number of halogens is 1. The van der Waals surface area contributed by atoms with Crippen LogP contribution in [0.1, 0.15) is 26.2 Å². The van der Waals surface area contributed by atoms with Crippen LogP contribution in [0.5, 0.6) is 0 Å². The molecule has 0 atom stereocenters. The largest absolute Gasteiger partial charge is 0.317 e. The minimum Gasteiger partial charge on any atom is -0.317 e. The fourth-order valence-electron chi connectivity index (χ4n) is 2.89. The molecule has 1 aliphatic heterocycles. The molecule has 142 valence electrons. The molecule has 1 fully saturated rings. The summed E-state index contributed by atoms with van der Waals surface area (Å²) in [5.41, 5.74) is -0.273. The predicted molar refractivity (Wildman–Crippen MR) is 94.9 cm³/mol. The molecule has 2 N–H and O–H groups in total. The molecular weight excluding hydrogens is 369 g/mol. The highest BCUT2D eigenvalue weighted by atomic mass is 32.2. The molecule has 10 heteroatoms. The molecule has 1 heterocycles. The highest BCUT2D eigenvalue weighted by Gasteiger charge is 2.32. The molecule has 0 amide bonds. The van der Waals surface area contributed by atoms with Crippen molar-refractivity contribution in [3.05, 3.63) is 24.0 Å². The lowest BCUT2D eigenvalue weighted by Gasteiger charge is -2.33. The summed E-state index contributed by atoms with van der Waals surface area (Å²) < 4.78 is 66.0. The molecule has 25 heavy (non-hydrogen) atoms. The maximum atomic E-state index is 14.2. The lowest BCUT2D eigenvalue weighted by Crippen LogP contribution is -2.46. The molecule has 1 saturated heterocycles. The standard InChI is InChI=1S/C15H24FN3O4S2/c1-3-10-19(12-6-8-17-9-7-12)25(22,23)13-4-5-15(14(16)11-13)18-24(2,20)21/h4-5,11-12,17-18H,3,6-10H2,1-2H3. The Morgan fingerprint density at radius 3 is 2.40 bits per heavy atom. The monoisotopic (exact) mass is 393 g/mol. The van der Waals surface area contributed by atoms with Crippen LogP contribution in [0.2, 0.25) is 0 Å². The van der Waals surface area contributed by atoms with E-state index in [1.54, 1.807) is 0 Å². The highest BCUT2D eigenvalue weighted by Crippen LogP contribution is 2.26. The Balaban J connectivity index is 2.34. The van der Waals surface area contributed by atoms with Gasteiger partial charge in [-0.25, -0.2) is 21.2 Å². The molecule has 2 rings (SSSR count). The Morgan fingerprint density at radius 1 is 1.24 bits per heavy atom. The van der Waals surface area contributed by atoms with Gasteiger partial charge in [0.2, 0.25) is 20.0 Å². The van der Waals surface area contributed by atoms with Gasteiger partial charge in [0.25, 0.3) is 0 Å². The lowest BCUT2D eigenvalue weighted by molar-refractivity contribution is 0.262. The van der Waals surface area contributed by atoms with Gasteiger partial charge in [-0.05, 0) is 50.6 Å². The minimum atomic E-state index is -3.86. The van der Waals surface area contributed by atoms with E-state index in [-0.39, 0.29) is 16.6 Å². The van der Waals surface area contributed by atoms with Crippen molar-refractivity contribution < 1.29 is 21.2 Å². The van der Waals surface area contributed by atoms with Crippen LogP contribution in [0.15, 0.2) is 23.1 Å². The van der Waals surface area contributed by atoms with Crippen LogP contribution in [0.25, 0.3) is 0 Å². The van der Waals surface area contributed by atoms with E-state index >= 15 is 0 Å². The third-order valence-electron chi connectivity index (χ3n) is 4.00. The zero-order chi connectivity index (χ0) is 18.7. The number of benzene rings is 1. The van der Waals surface area contributed by atoms with E-state index in [1.807, 2.05) is 11.6 Å². The molecule has 7 nitrogen and oxygen atoms in total. The molecule has 0 bridgehead atoms. The van der Waals surface area contributed by atoms with E-state index in [0.29, 0.717) is 25.8 Å². The summed E-state index contributed by atoms with van der Waals surface area (Å²) >= 11 is 0. The summed E-state index contributed by atoms with van der Waals surface area (Å²) in [4.78, 5) is -0.170. The van der Waals surface area contributed by atoms with Crippen molar-refractivity contribution in [2.75, 3.05) is 30.6 Å². The molecule has 0 aromatic heterocycles. The van der Waals surface area contributed by atoms with E-state index in [2.05, 4.69) is 5.32 Å². The number of sulfonamides is 2. The van der Waals surface area contributed by atoms with Crippen LogP contribution in [0, 0.1) is 5.82 Å². The zero-order valence-electron chi connectivity index (χ0n) is 14.3. The van der Waals surface area contributed by atoms with E-state index in [0.717, 1.165) is 31.5 Å². The summed E-state index contributed by atoms with van der Waals surface area (Å²) in [6.45, 7) is 3.74. The average Bonchev–Trinajstić information content (AvgIpc) is 2.54. The molecule has 0 radical (unpaired) electrons. The smallest absolute Gasteiger partial charge is 0.243 e. The minimum absolute atomic E-state index is 0.122. The Morgan fingerprint density at radius 2 is 1.88 bits per heavy atom. The van der Waals surface area contributed by atoms with Crippen molar-refractivity contribution in [2.45, 2.75) is 37.1 Å². The zero-order valence-corrected chi connectivity index (χ0v) is 16.0. The molecule has 1 aromatic rings. The molecule has 0 unspecified atom stereocenters. The first-order valence-electron chi connectivity index (χ1n) is 8.15. The first kappa shape index (κ1) is 20.1. The van der Waals surface area contributed by atoms with Crippen molar-refractivity contribution >= 4 is 25.7 Å². The summed E-state index contributed by atoms with van der Waals surface area (Å²) in [5, 5.41) is 3.19. The summed E-state index contributed by atoms with van der Waals surface area (Å²) in [7, 11) is -7.50. The number of hydrogen-bond acceptors (Lipinski definition) is 5. The van der Waals surface area contributed by atoms with Gasteiger partial charge in [0.15, 0.2) is 0 Å². The second-order valence-electron chi connectivity index (χ2n) is 6.11. The summed E-state index contributed by atoms with van der Waals surface area (Å²) in [5.74, 6) is -0.923. The third kappa shape index (κ3) is 5.13. The molecule has 0 spiro atoms. The van der Waals surface area contributed by atoms with Crippen LogP contribution < -0.4 is 10.0 Å². The second kappa shape index (κ2) is 7.98. The van der Waals surface area contributed by atoms with Crippen molar-refractivity contribution in [3.63, 3.8) is 0 Å². The van der Waals surface area contributed by atoms with Gasteiger partial charge in [0.1, 0.15) is 5.82 Å². The number of rotatable bonds is 7. The SMILES string of the molecule is CCCN(C1CCNCC1)S(=O)(=O)c1ccc(NS(C)(=O)=O)c(F)c1. The van der Waals surface area contributed by atoms with Gasteiger partial charge in [-0.3, -0.25) is 4.72 Å². The van der Waals surface area contributed by atoms with Crippen LogP contribution >= 0.6 is 0 Å². The van der Waals surface area contributed by atoms with Crippen LogP contribution in [0.3, 0.4) is 0 Å². The fraction of sp³-hybridized carbons (Fsp3) is 0.600. The normalized spacial score (nSPS) is 17.0. The number of nitrogens with one attached hydrogen (secondary N) is 2. The Bertz CT molecular complexity index is 806. The van der Waals surface area contributed by atoms with Gasteiger partial charge >= 0.3 is 0 Å². The van der Waals surface area contributed by atoms with Gasteiger partial charge in [0.05, 0.1) is 16.8 Å². The van der Waals surface area contributed by atoms with E-state index in [4.69, 9.17) is 0 Å². The van der Waals surface area contributed by atoms with Crippen molar-refractivity contribution in [2.24, 2.45) is 0 Å². The topological polar surface area (TPSA) is 95.6 Å². The van der Waals surface area contributed by atoms with Gasteiger partial charge in [0, 0.05) is 12.6 Å². The third-order valence-corrected chi connectivity index (χ3v) is 6.54. The van der Waals surface area contributed by atoms with Gasteiger partial charge in [-0.1, -0.05) is 6.92 Å². The summed E-state index contributed by atoms with van der Waals surface area (Å²) in [6.07, 6.45) is 2.96. The van der Waals surface area contributed by atoms with Crippen molar-refractivity contribution in [1.29, 1.82) is 0 Å². The quantitative estimate of drug-likeness (QED) is 0.729. The first-order chi connectivity index (χ1) is 11.6. The average molecular weight is 394 g/mol. The van der Waals surface area contributed by atoms with E-state index < -0.39 is 25.9 Å². The maximum Gasteiger partial charge on any atom is 0.243 e. The van der Waals surface area contributed by atoms with Crippen LogP contribution in [-0.4, -0.2) is 53.1 Å².